The van der Waals surface area contributed by atoms with Gasteiger partial charge in [0.1, 0.15) is 0 Å². The Balaban J connectivity index is 2.02. The van der Waals surface area contributed by atoms with Crippen molar-refractivity contribution in [3.8, 4) is 11.5 Å². The zero-order valence-corrected chi connectivity index (χ0v) is 10.7. The van der Waals surface area contributed by atoms with Gasteiger partial charge in [0.05, 0.1) is 14.2 Å². The second-order valence-electron chi connectivity index (χ2n) is 4.99. The molecule has 0 amide bonds. The lowest BCUT2D eigenvalue weighted by Gasteiger charge is -2.45. The lowest BCUT2D eigenvalue weighted by atomic mass is 9.93. The summed E-state index contributed by atoms with van der Waals surface area (Å²) >= 11 is 0. The molecule has 1 saturated heterocycles. The number of rotatable bonds is 4. The van der Waals surface area contributed by atoms with Gasteiger partial charge in [-0.1, -0.05) is 6.07 Å². The van der Waals surface area contributed by atoms with E-state index in [9.17, 15) is 0 Å². The summed E-state index contributed by atoms with van der Waals surface area (Å²) in [5, 5.41) is 0. The third-order valence-corrected chi connectivity index (χ3v) is 3.02. The van der Waals surface area contributed by atoms with E-state index in [0.717, 1.165) is 31.1 Å². The van der Waals surface area contributed by atoms with Crippen LogP contribution in [0.5, 0.6) is 11.5 Å². The van der Waals surface area contributed by atoms with Gasteiger partial charge in [0.25, 0.3) is 0 Å². The number of likely N-dealkylation sites (tertiary alicyclic amines) is 1. The van der Waals surface area contributed by atoms with Gasteiger partial charge in [0.15, 0.2) is 11.5 Å². The van der Waals surface area contributed by atoms with E-state index in [-0.39, 0.29) is 5.54 Å². The molecule has 4 heteroatoms. The molecule has 1 aromatic carbocycles. The molecule has 94 valence electrons. The van der Waals surface area contributed by atoms with E-state index in [1.165, 1.54) is 5.56 Å². The number of nitrogens with zero attached hydrogens (tertiary/aromatic N) is 1. The fraction of sp³-hybridized carbons (Fsp3) is 0.538. The molecule has 0 aromatic heterocycles. The van der Waals surface area contributed by atoms with Gasteiger partial charge in [-0.25, -0.2) is 0 Å². The van der Waals surface area contributed by atoms with Gasteiger partial charge >= 0.3 is 0 Å². The van der Waals surface area contributed by atoms with Crippen LogP contribution >= 0.6 is 0 Å². The van der Waals surface area contributed by atoms with E-state index in [0.29, 0.717) is 0 Å². The molecule has 1 aromatic rings. The number of hydrogen-bond acceptors (Lipinski definition) is 4. The van der Waals surface area contributed by atoms with Crippen molar-refractivity contribution in [2.45, 2.75) is 19.0 Å². The molecule has 1 heterocycles. The summed E-state index contributed by atoms with van der Waals surface area (Å²) in [4.78, 5) is 2.32. The molecule has 0 radical (unpaired) electrons. The Morgan fingerprint density at radius 1 is 1.24 bits per heavy atom. The Hall–Kier alpha value is -1.26. The Kier molecular flexibility index (Phi) is 3.26. The molecular weight excluding hydrogens is 216 g/mol. The van der Waals surface area contributed by atoms with Crippen molar-refractivity contribution in [3.05, 3.63) is 23.8 Å². The molecular formula is C13H20N2O2. The molecule has 4 nitrogen and oxygen atoms in total. The predicted molar refractivity (Wildman–Crippen MR) is 67.4 cm³/mol. The Morgan fingerprint density at radius 3 is 2.41 bits per heavy atom. The zero-order chi connectivity index (χ0) is 12.5. The third-order valence-electron chi connectivity index (χ3n) is 3.02. The molecule has 0 saturated carbocycles. The van der Waals surface area contributed by atoms with Crippen molar-refractivity contribution in [3.63, 3.8) is 0 Å². The average Bonchev–Trinajstić information content (AvgIpc) is 2.26. The Bertz CT molecular complexity index is 396. The van der Waals surface area contributed by atoms with Crippen LogP contribution in [0.4, 0.5) is 0 Å². The number of benzene rings is 1. The fourth-order valence-electron chi connectivity index (χ4n) is 2.32. The van der Waals surface area contributed by atoms with Crippen molar-refractivity contribution in [1.82, 2.24) is 4.90 Å². The van der Waals surface area contributed by atoms with E-state index in [4.69, 9.17) is 15.2 Å². The topological polar surface area (TPSA) is 47.7 Å². The monoisotopic (exact) mass is 236 g/mol. The SMILES string of the molecule is COc1ccc(CN2CC(C)(N)C2)cc1OC. The lowest BCUT2D eigenvalue weighted by molar-refractivity contribution is 0.0763. The summed E-state index contributed by atoms with van der Waals surface area (Å²) in [7, 11) is 3.30. The maximum absolute atomic E-state index is 5.98. The van der Waals surface area contributed by atoms with Gasteiger partial charge < -0.3 is 15.2 Å². The minimum absolute atomic E-state index is 0.0173. The van der Waals surface area contributed by atoms with E-state index in [2.05, 4.69) is 17.9 Å². The van der Waals surface area contributed by atoms with Crippen molar-refractivity contribution in [1.29, 1.82) is 0 Å². The maximum atomic E-state index is 5.98. The summed E-state index contributed by atoms with van der Waals surface area (Å²) < 4.78 is 10.5. The van der Waals surface area contributed by atoms with Gasteiger partial charge in [-0.2, -0.15) is 0 Å². The third kappa shape index (κ3) is 2.70. The number of methoxy groups -OCH3 is 2. The van der Waals surface area contributed by atoms with Crippen LogP contribution in [0, 0.1) is 0 Å². The average molecular weight is 236 g/mol. The second kappa shape index (κ2) is 4.55. The maximum Gasteiger partial charge on any atom is 0.161 e. The first-order valence-corrected chi connectivity index (χ1v) is 5.76. The normalized spacial score (nSPS) is 18.6. The fourth-order valence-corrected chi connectivity index (χ4v) is 2.32. The van der Waals surface area contributed by atoms with Crippen LogP contribution in [0.15, 0.2) is 18.2 Å². The number of ether oxygens (including phenoxy) is 2. The van der Waals surface area contributed by atoms with Gasteiger partial charge in [-0.15, -0.1) is 0 Å². The van der Waals surface area contributed by atoms with Crippen molar-refractivity contribution < 1.29 is 9.47 Å². The minimum atomic E-state index is -0.0173. The van der Waals surface area contributed by atoms with Gasteiger partial charge in [-0.3, -0.25) is 4.90 Å². The summed E-state index contributed by atoms with van der Waals surface area (Å²) in [5.41, 5.74) is 7.18. The van der Waals surface area contributed by atoms with Crippen molar-refractivity contribution >= 4 is 0 Å². The van der Waals surface area contributed by atoms with E-state index >= 15 is 0 Å². The molecule has 1 aliphatic heterocycles. The molecule has 2 N–H and O–H groups in total. The summed E-state index contributed by atoms with van der Waals surface area (Å²) in [6.07, 6.45) is 0. The molecule has 0 unspecified atom stereocenters. The highest BCUT2D eigenvalue weighted by Crippen LogP contribution is 2.29. The molecule has 2 rings (SSSR count). The van der Waals surface area contributed by atoms with Crippen LogP contribution in [0.25, 0.3) is 0 Å². The van der Waals surface area contributed by atoms with Crippen LogP contribution in [0.3, 0.4) is 0 Å². The first kappa shape index (κ1) is 12.2. The number of hydrogen-bond donors (Lipinski definition) is 1. The molecule has 1 fully saturated rings. The molecule has 1 aliphatic rings. The molecule has 0 bridgehead atoms. The molecule has 0 atom stereocenters. The summed E-state index contributed by atoms with van der Waals surface area (Å²) in [6.45, 7) is 4.88. The quantitative estimate of drug-likeness (QED) is 0.854. The van der Waals surface area contributed by atoms with Crippen LogP contribution < -0.4 is 15.2 Å². The van der Waals surface area contributed by atoms with Crippen LogP contribution in [0.2, 0.25) is 0 Å². The molecule has 17 heavy (non-hydrogen) atoms. The summed E-state index contributed by atoms with van der Waals surface area (Å²) in [5.74, 6) is 1.55. The lowest BCUT2D eigenvalue weighted by Crippen LogP contribution is -2.64. The van der Waals surface area contributed by atoms with Gasteiger partial charge in [0.2, 0.25) is 0 Å². The van der Waals surface area contributed by atoms with Crippen molar-refractivity contribution in [2.24, 2.45) is 5.73 Å². The van der Waals surface area contributed by atoms with E-state index in [1.54, 1.807) is 14.2 Å². The zero-order valence-electron chi connectivity index (χ0n) is 10.7. The smallest absolute Gasteiger partial charge is 0.161 e. The molecule has 0 aliphatic carbocycles. The first-order valence-electron chi connectivity index (χ1n) is 5.76. The second-order valence-corrected chi connectivity index (χ2v) is 4.99. The largest absolute Gasteiger partial charge is 0.493 e. The summed E-state index contributed by atoms with van der Waals surface area (Å²) in [6, 6.07) is 6.02. The van der Waals surface area contributed by atoms with E-state index in [1.807, 2.05) is 12.1 Å². The van der Waals surface area contributed by atoms with Crippen LogP contribution in [-0.4, -0.2) is 37.7 Å². The minimum Gasteiger partial charge on any atom is -0.493 e. The standard InChI is InChI=1S/C13H20N2O2/c1-13(14)8-15(9-13)7-10-4-5-11(16-2)12(6-10)17-3/h4-6H,7-9,14H2,1-3H3. The van der Waals surface area contributed by atoms with Crippen LogP contribution in [-0.2, 0) is 6.54 Å². The molecule has 0 spiro atoms. The highest BCUT2D eigenvalue weighted by Gasteiger charge is 2.34. The number of nitrogens with two attached hydrogens (primary N) is 1. The van der Waals surface area contributed by atoms with Crippen molar-refractivity contribution in [2.75, 3.05) is 27.3 Å². The Labute approximate surface area is 102 Å². The van der Waals surface area contributed by atoms with Crippen LogP contribution in [0.1, 0.15) is 12.5 Å². The predicted octanol–water partition coefficient (Wildman–Crippen LogP) is 1.24. The van der Waals surface area contributed by atoms with Gasteiger partial charge in [-0.05, 0) is 24.6 Å². The Morgan fingerprint density at radius 2 is 1.88 bits per heavy atom. The van der Waals surface area contributed by atoms with E-state index < -0.39 is 0 Å². The van der Waals surface area contributed by atoms with Gasteiger partial charge in [0, 0.05) is 25.2 Å². The highest BCUT2D eigenvalue weighted by atomic mass is 16.5. The first-order chi connectivity index (χ1) is 8.04. The highest BCUT2D eigenvalue weighted by molar-refractivity contribution is 5.42.